The molecule has 0 amide bonds. The number of allylic oxidation sites excluding steroid dienone is 1. The van der Waals surface area contributed by atoms with Crippen LogP contribution in [0.25, 0.3) is 6.08 Å². The molecule has 2 aromatic rings. The van der Waals surface area contributed by atoms with Crippen molar-refractivity contribution in [2.75, 3.05) is 6.61 Å². The highest BCUT2D eigenvalue weighted by Crippen LogP contribution is 2.05. The fourth-order valence-electron chi connectivity index (χ4n) is 2.12. The number of hydrogen-bond acceptors (Lipinski definition) is 2. The molecule has 0 radical (unpaired) electrons. The average Bonchev–Trinajstić information content (AvgIpc) is 2.63. The zero-order chi connectivity index (χ0) is 15.5. The zero-order valence-corrected chi connectivity index (χ0v) is 14.2. The molecular weight excluding hydrogens is 288 g/mol. The van der Waals surface area contributed by atoms with Crippen LogP contribution in [0, 0.1) is 0 Å². The summed E-state index contributed by atoms with van der Waals surface area (Å²) in [5.41, 5.74) is 1.75. The highest BCUT2D eigenvalue weighted by atomic mass is 28.2. The molecule has 0 unspecified atom stereocenters. The van der Waals surface area contributed by atoms with Gasteiger partial charge in [0.15, 0.2) is 15.5 Å². The number of benzene rings is 2. The highest BCUT2D eigenvalue weighted by Gasteiger charge is 1.98. The van der Waals surface area contributed by atoms with Gasteiger partial charge in [-0.15, -0.1) is 0 Å². The van der Waals surface area contributed by atoms with Crippen LogP contribution in [0.1, 0.15) is 28.8 Å². The van der Waals surface area contributed by atoms with Crippen LogP contribution in [0.4, 0.5) is 0 Å². The highest BCUT2D eigenvalue weighted by molar-refractivity contribution is 6.27. The van der Waals surface area contributed by atoms with Crippen molar-refractivity contribution in [2.45, 2.75) is 18.9 Å². The van der Waals surface area contributed by atoms with Crippen LogP contribution in [0.3, 0.4) is 0 Å². The lowest BCUT2D eigenvalue weighted by molar-refractivity contribution is 0.104. The van der Waals surface area contributed by atoms with Gasteiger partial charge in [0.25, 0.3) is 0 Å². The van der Waals surface area contributed by atoms with Gasteiger partial charge >= 0.3 is 0 Å². The average molecular weight is 310 g/mol. The van der Waals surface area contributed by atoms with Crippen molar-refractivity contribution in [1.82, 2.24) is 0 Å². The van der Waals surface area contributed by atoms with Crippen LogP contribution in [-0.4, -0.2) is 22.2 Å². The summed E-state index contributed by atoms with van der Waals surface area (Å²) in [6.45, 7) is 1.06. The third kappa shape index (κ3) is 6.20. The molecule has 0 N–H and O–H groups in total. The maximum absolute atomic E-state index is 11.7. The first kappa shape index (κ1) is 16.4. The van der Waals surface area contributed by atoms with Gasteiger partial charge in [0.05, 0.1) is 0 Å². The van der Waals surface area contributed by atoms with Gasteiger partial charge in [-0.1, -0.05) is 73.2 Å². The quantitative estimate of drug-likeness (QED) is 0.488. The van der Waals surface area contributed by atoms with Crippen LogP contribution >= 0.6 is 0 Å². The molecule has 2 aromatic carbocycles. The van der Waals surface area contributed by atoms with Crippen molar-refractivity contribution in [3.05, 3.63) is 77.9 Å². The van der Waals surface area contributed by atoms with E-state index < -0.39 is 0 Å². The van der Waals surface area contributed by atoms with E-state index in [4.69, 9.17) is 4.43 Å². The summed E-state index contributed by atoms with van der Waals surface area (Å²) < 4.78 is 5.21. The maximum atomic E-state index is 11.7. The standard InChI is InChI=1S/C15H12O.C4H10OSi/c16-15(14-9-5-2-6-10-14)12-11-13-7-3-1-4-8-13;1-2-4-6-5-3-1/h1-12H;1-4,6H2/b12-11+;. The Bertz CT molecular complexity index is 563. The minimum absolute atomic E-state index is 0.00849. The second-order valence-corrected chi connectivity index (χ2v) is 6.67. The van der Waals surface area contributed by atoms with E-state index in [9.17, 15) is 4.79 Å². The van der Waals surface area contributed by atoms with E-state index in [0.29, 0.717) is 0 Å². The van der Waals surface area contributed by atoms with Crippen molar-refractivity contribution in [2.24, 2.45) is 0 Å². The minimum atomic E-state index is 0.00849. The van der Waals surface area contributed by atoms with Gasteiger partial charge in [-0.25, -0.2) is 0 Å². The van der Waals surface area contributed by atoms with Crippen LogP contribution in [0.2, 0.25) is 6.04 Å². The summed E-state index contributed by atoms with van der Waals surface area (Å²) in [5.74, 6) is 0.0319. The fraction of sp³-hybridized carbons (Fsp3) is 0.211. The van der Waals surface area contributed by atoms with Gasteiger partial charge in [-0.2, -0.15) is 0 Å². The molecule has 114 valence electrons. The molecule has 0 saturated carbocycles. The Hall–Kier alpha value is -1.97. The van der Waals surface area contributed by atoms with Crippen molar-refractivity contribution >= 4 is 21.6 Å². The molecule has 1 heterocycles. The number of ketones is 1. The molecule has 1 aliphatic rings. The molecule has 1 fully saturated rings. The molecule has 1 saturated heterocycles. The van der Waals surface area contributed by atoms with Gasteiger partial charge in [0.1, 0.15) is 0 Å². The number of rotatable bonds is 3. The summed E-state index contributed by atoms with van der Waals surface area (Å²) in [6.07, 6.45) is 6.18. The summed E-state index contributed by atoms with van der Waals surface area (Å²) in [6, 6.07) is 20.5. The second kappa shape index (κ2) is 9.87. The Morgan fingerprint density at radius 3 is 2.14 bits per heavy atom. The SMILES string of the molecule is C1CC[SiH2]OC1.O=C(/C=C/c1ccccc1)c1ccccc1. The van der Waals surface area contributed by atoms with E-state index in [1.165, 1.54) is 18.9 Å². The van der Waals surface area contributed by atoms with Gasteiger partial charge in [0, 0.05) is 12.2 Å². The first-order valence-corrected chi connectivity index (χ1v) is 9.34. The summed E-state index contributed by atoms with van der Waals surface area (Å²) in [7, 11) is 0.00849. The number of carbonyl (C=O) groups is 1. The van der Waals surface area contributed by atoms with Crippen molar-refractivity contribution in [1.29, 1.82) is 0 Å². The minimum Gasteiger partial charge on any atom is -0.424 e. The van der Waals surface area contributed by atoms with E-state index in [2.05, 4.69) is 0 Å². The Morgan fingerprint density at radius 1 is 0.955 bits per heavy atom. The number of carbonyl (C=O) groups excluding carboxylic acids is 1. The molecule has 3 rings (SSSR count). The van der Waals surface area contributed by atoms with E-state index in [-0.39, 0.29) is 15.5 Å². The fourth-order valence-corrected chi connectivity index (χ4v) is 3.29. The Morgan fingerprint density at radius 2 is 1.64 bits per heavy atom. The lowest BCUT2D eigenvalue weighted by atomic mass is 10.1. The predicted octanol–water partition coefficient (Wildman–Crippen LogP) is 3.88. The van der Waals surface area contributed by atoms with Gasteiger partial charge in [-0.05, 0) is 24.1 Å². The van der Waals surface area contributed by atoms with Crippen LogP contribution in [0.5, 0.6) is 0 Å². The first-order valence-electron chi connectivity index (χ1n) is 7.76. The van der Waals surface area contributed by atoms with Crippen LogP contribution in [0.15, 0.2) is 66.7 Å². The van der Waals surface area contributed by atoms with Crippen LogP contribution < -0.4 is 0 Å². The van der Waals surface area contributed by atoms with Gasteiger partial charge < -0.3 is 4.43 Å². The Kier molecular flexibility index (Phi) is 7.36. The largest absolute Gasteiger partial charge is 0.424 e. The Balaban J connectivity index is 0.000000246. The molecule has 0 bridgehead atoms. The molecule has 0 atom stereocenters. The van der Waals surface area contributed by atoms with Gasteiger partial charge in [-0.3, -0.25) is 4.79 Å². The van der Waals surface area contributed by atoms with E-state index in [0.717, 1.165) is 17.7 Å². The molecule has 1 aliphatic heterocycles. The topological polar surface area (TPSA) is 26.3 Å². The first-order chi connectivity index (χ1) is 10.9. The predicted molar refractivity (Wildman–Crippen MR) is 94.8 cm³/mol. The summed E-state index contributed by atoms with van der Waals surface area (Å²) in [4.78, 5) is 11.7. The summed E-state index contributed by atoms with van der Waals surface area (Å²) >= 11 is 0. The van der Waals surface area contributed by atoms with E-state index >= 15 is 0 Å². The molecule has 22 heavy (non-hydrogen) atoms. The zero-order valence-electron chi connectivity index (χ0n) is 12.8. The smallest absolute Gasteiger partial charge is 0.185 e. The third-order valence-electron chi connectivity index (χ3n) is 3.36. The Labute approximate surface area is 134 Å². The molecular formula is C19H22O2Si. The van der Waals surface area contributed by atoms with E-state index in [1.54, 1.807) is 6.08 Å². The number of hydrogen-bond donors (Lipinski definition) is 0. The maximum Gasteiger partial charge on any atom is 0.185 e. The lowest BCUT2D eigenvalue weighted by Crippen LogP contribution is -2.06. The molecule has 0 aliphatic carbocycles. The monoisotopic (exact) mass is 310 g/mol. The van der Waals surface area contributed by atoms with Crippen molar-refractivity contribution in [3.8, 4) is 0 Å². The second-order valence-electron chi connectivity index (χ2n) is 5.15. The molecule has 2 nitrogen and oxygen atoms in total. The van der Waals surface area contributed by atoms with Gasteiger partial charge in [0.2, 0.25) is 0 Å². The third-order valence-corrected chi connectivity index (χ3v) is 4.73. The van der Waals surface area contributed by atoms with Crippen LogP contribution in [-0.2, 0) is 4.43 Å². The van der Waals surface area contributed by atoms with Crippen molar-refractivity contribution in [3.63, 3.8) is 0 Å². The lowest BCUT2D eigenvalue weighted by Gasteiger charge is -2.07. The normalized spacial score (nSPS) is 15.3. The molecule has 3 heteroatoms. The molecule has 0 spiro atoms. The summed E-state index contributed by atoms with van der Waals surface area (Å²) in [5, 5.41) is 0. The van der Waals surface area contributed by atoms with E-state index in [1.807, 2.05) is 66.7 Å². The molecule has 0 aromatic heterocycles. The van der Waals surface area contributed by atoms with Crippen molar-refractivity contribution < 1.29 is 9.22 Å².